The van der Waals surface area contributed by atoms with Gasteiger partial charge in [0.05, 0.1) is 13.7 Å². The number of hydrogen-bond donors (Lipinski definition) is 0. The highest BCUT2D eigenvalue weighted by molar-refractivity contribution is 6.24. The molecule has 0 radical (unpaired) electrons. The quantitative estimate of drug-likeness (QED) is 0.188. The van der Waals surface area contributed by atoms with Crippen LogP contribution in [0.2, 0.25) is 0 Å². The summed E-state index contributed by atoms with van der Waals surface area (Å²) in [6.45, 7) is 0. The van der Waals surface area contributed by atoms with E-state index < -0.39 is 36.3 Å². The van der Waals surface area contributed by atoms with Crippen LogP contribution < -0.4 is 0 Å². The van der Waals surface area contributed by atoms with Gasteiger partial charge in [-0.2, -0.15) is 0 Å². The summed E-state index contributed by atoms with van der Waals surface area (Å²) >= 11 is 0. The maximum atomic E-state index is 9.10. The van der Waals surface area contributed by atoms with Crippen LogP contribution >= 0.6 is 0 Å². The fraction of sp³-hybridized carbons (Fsp3) is 0. The predicted octanol–water partition coefficient (Wildman–Crippen LogP) is 12.6. The van der Waals surface area contributed by atoms with Crippen LogP contribution in [0.4, 0.5) is 0 Å². The molecule has 1 nitrogen and oxygen atoms in total. The second kappa shape index (κ2) is 10.4. The third-order valence-electron chi connectivity index (χ3n) is 8.44. The number of hydrogen-bond acceptors (Lipinski definition) is 1. The van der Waals surface area contributed by atoms with Crippen LogP contribution in [0.15, 0.2) is 174 Å². The molecule has 0 aliphatic rings. The first-order valence-corrected chi connectivity index (χ1v) is 14.6. The minimum Gasteiger partial charge on any atom is -0.455 e. The van der Waals surface area contributed by atoms with E-state index in [4.69, 9.17) is 18.1 Å². The summed E-state index contributed by atoms with van der Waals surface area (Å²) in [5.74, 6) is 0. The van der Waals surface area contributed by atoms with Crippen LogP contribution in [-0.2, 0) is 0 Å². The first-order valence-electron chi connectivity index (χ1n) is 19.6. The maximum absolute atomic E-state index is 9.10. The molecule has 1 heteroatoms. The van der Waals surface area contributed by atoms with Gasteiger partial charge in [0.15, 0.2) is 0 Å². The first-order chi connectivity index (χ1) is 26.5. The first kappa shape index (κ1) is 17.4. The largest absolute Gasteiger partial charge is 0.455 e. The number of benzene rings is 8. The number of fused-ring (bicyclic) bond motifs is 5. The highest BCUT2D eigenvalue weighted by Gasteiger charge is 2.22. The Labute approximate surface area is 275 Å². The highest BCUT2D eigenvalue weighted by Crippen LogP contribution is 2.49. The van der Waals surface area contributed by atoms with Crippen LogP contribution in [-0.4, -0.2) is 0 Å². The predicted molar refractivity (Wildman–Crippen MR) is 190 cm³/mol. The molecular weight excluding hydrogens is 544 g/mol. The normalized spacial score (nSPS) is 14.7. The summed E-state index contributed by atoms with van der Waals surface area (Å²) in [5, 5.41) is 4.94. The lowest BCUT2D eigenvalue weighted by Gasteiger charge is -2.20. The summed E-state index contributed by atoms with van der Waals surface area (Å²) in [6, 6.07) is 30.6. The molecule has 0 saturated heterocycles. The van der Waals surface area contributed by atoms with Crippen LogP contribution in [0.25, 0.3) is 88.0 Å². The van der Waals surface area contributed by atoms with E-state index in [0.717, 1.165) is 49.0 Å². The lowest BCUT2D eigenvalue weighted by Crippen LogP contribution is -1.93. The molecule has 9 aromatic rings. The Balaban J connectivity index is 1.41. The summed E-state index contributed by atoms with van der Waals surface area (Å²) < 4.78 is 92.2. The molecule has 0 unspecified atom stereocenters. The molecule has 8 aromatic carbocycles. The Bertz CT molecular complexity index is 3000. The molecule has 1 aromatic heterocycles. The minimum atomic E-state index is -0.483. The van der Waals surface area contributed by atoms with E-state index >= 15 is 0 Å². The number of furan rings is 1. The zero-order chi connectivity index (χ0) is 38.4. The van der Waals surface area contributed by atoms with Crippen molar-refractivity contribution in [2.45, 2.75) is 0 Å². The molecule has 0 amide bonds. The van der Waals surface area contributed by atoms with Crippen molar-refractivity contribution in [3.05, 3.63) is 170 Å². The molecule has 210 valence electrons. The van der Waals surface area contributed by atoms with Gasteiger partial charge in [0, 0.05) is 16.3 Å². The third kappa shape index (κ3) is 4.09. The average Bonchev–Trinajstić information content (AvgIpc) is 3.59. The molecule has 0 saturated carbocycles. The Kier molecular flexibility index (Phi) is 4.01. The van der Waals surface area contributed by atoms with Crippen LogP contribution in [0, 0.1) is 0 Å². The average molecular weight is 583 g/mol. The molecule has 0 spiro atoms. The van der Waals surface area contributed by atoms with E-state index in [2.05, 4.69) is 0 Å². The van der Waals surface area contributed by atoms with Crippen LogP contribution in [0.5, 0.6) is 0 Å². The van der Waals surface area contributed by atoms with E-state index in [-0.39, 0.29) is 35.3 Å². The van der Waals surface area contributed by atoms with Crippen molar-refractivity contribution >= 4 is 43.5 Å². The third-order valence-corrected chi connectivity index (χ3v) is 8.44. The molecule has 0 aliphatic heterocycles. The molecule has 45 heavy (non-hydrogen) atoms. The van der Waals surface area contributed by atoms with Crippen LogP contribution in [0.1, 0.15) is 13.7 Å². The van der Waals surface area contributed by atoms with Crippen LogP contribution in [0.3, 0.4) is 0 Å². The summed E-state index contributed by atoms with van der Waals surface area (Å²) in [4.78, 5) is 0. The van der Waals surface area contributed by atoms with Crippen molar-refractivity contribution in [1.29, 1.82) is 0 Å². The monoisotopic (exact) mass is 582 g/mol. The Morgan fingerprint density at radius 3 is 1.60 bits per heavy atom. The molecule has 0 atom stereocenters. The van der Waals surface area contributed by atoms with Gasteiger partial charge in [-0.3, -0.25) is 0 Å². The van der Waals surface area contributed by atoms with Gasteiger partial charge in [-0.15, -0.1) is 0 Å². The zero-order valence-electron chi connectivity index (χ0n) is 33.8. The summed E-state index contributed by atoms with van der Waals surface area (Å²) in [6.07, 6.45) is 0. The van der Waals surface area contributed by atoms with Crippen molar-refractivity contribution < 1.29 is 18.1 Å². The molecule has 0 N–H and O–H groups in total. The van der Waals surface area contributed by atoms with E-state index in [0.29, 0.717) is 27.9 Å². The van der Waals surface area contributed by atoms with E-state index in [1.54, 1.807) is 6.07 Å². The summed E-state index contributed by atoms with van der Waals surface area (Å²) in [7, 11) is 0. The maximum Gasteiger partial charge on any atom is 0.143 e. The van der Waals surface area contributed by atoms with Gasteiger partial charge in [-0.25, -0.2) is 0 Å². The minimum absolute atomic E-state index is 0.0363. The lowest BCUT2D eigenvalue weighted by atomic mass is 9.83. The SMILES string of the molecule is [2H]c1c([2H])c([2H])c(-c2cccc(-c3c4ccccc4c(-c4ccc5c(oc6ccccc65)c4-c4c([2H])c([2H])c([2H])c([2H])c4[2H])c4ccccc34)c2)c([2H])c1[2H]. The second-order valence-corrected chi connectivity index (χ2v) is 10.9. The Morgan fingerprint density at radius 1 is 0.378 bits per heavy atom. The number of rotatable bonds is 4. The van der Waals surface area contributed by atoms with E-state index in [1.165, 1.54) is 0 Å². The van der Waals surface area contributed by atoms with Gasteiger partial charge in [-0.1, -0.05) is 151 Å². The van der Waals surface area contributed by atoms with Crippen molar-refractivity contribution in [2.24, 2.45) is 0 Å². The highest BCUT2D eigenvalue weighted by atomic mass is 16.3. The topological polar surface area (TPSA) is 13.1 Å². The molecule has 0 bridgehead atoms. The Morgan fingerprint density at radius 2 is 0.933 bits per heavy atom. The van der Waals surface area contributed by atoms with Gasteiger partial charge in [0.25, 0.3) is 0 Å². The molecule has 0 fully saturated rings. The summed E-state index contributed by atoms with van der Waals surface area (Å²) in [5.41, 5.74) is 5.04. The van der Waals surface area contributed by atoms with Gasteiger partial charge in [0.1, 0.15) is 11.2 Å². The van der Waals surface area contributed by atoms with E-state index in [1.807, 2.05) is 103 Å². The Hall–Kier alpha value is -5.92. The number of para-hydroxylation sites is 1. The molecule has 1 heterocycles. The lowest BCUT2D eigenvalue weighted by molar-refractivity contribution is 0.670. The molecule has 9 rings (SSSR count). The van der Waals surface area contributed by atoms with Gasteiger partial charge >= 0.3 is 0 Å². The van der Waals surface area contributed by atoms with E-state index in [9.17, 15) is 0 Å². The zero-order valence-corrected chi connectivity index (χ0v) is 23.8. The van der Waals surface area contributed by atoms with Crippen molar-refractivity contribution in [3.63, 3.8) is 0 Å². The second-order valence-electron chi connectivity index (χ2n) is 10.9. The fourth-order valence-electron chi connectivity index (χ4n) is 6.57. The molecular formula is C44H28O. The van der Waals surface area contributed by atoms with Crippen molar-refractivity contribution in [2.75, 3.05) is 0 Å². The van der Waals surface area contributed by atoms with Gasteiger partial charge in [-0.05, 0) is 78.7 Å². The van der Waals surface area contributed by atoms with Crippen molar-refractivity contribution in [1.82, 2.24) is 0 Å². The fourth-order valence-corrected chi connectivity index (χ4v) is 6.57. The van der Waals surface area contributed by atoms with Gasteiger partial charge in [0.2, 0.25) is 0 Å². The smallest absolute Gasteiger partial charge is 0.143 e. The standard InChI is InChI=1S/C44H28O/c1-3-14-29(15-4-1)31-18-13-19-32(28-31)41-34-21-7-9-23-36(34)43(37-24-10-8-22-35(37)41)39-27-26-38-33-20-11-12-25-40(33)45-44(38)42(39)30-16-5-2-6-17-30/h1-28H/i1D,2D,3D,4D,5D,6D,14D,15D,16D,17D. The van der Waals surface area contributed by atoms with Crippen molar-refractivity contribution in [3.8, 4) is 44.5 Å². The molecule has 0 aliphatic carbocycles. The van der Waals surface area contributed by atoms with Gasteiger partial charge < -0.3 is 4.42 Å².